The number of piperidine rings is 1. The number of carbonyl (C=O) groups is 1. The van der Waals surface area contributed by atoms with Gasteiger partial charge in [0.15, 0.2) is 0 Å². The maximum absolute atomic E-state index is 14.5. The number of hydrogen-bond acceptors (Lipinski definition) is 1. The van der Waals surface area contributed by atoms with E-state index in [1.807, 2.05) is 24.3 Å². The molecule has 5 heteroatoms. The van der Waals surface area contributed by atoms with E-state index >= 15 is 0 Å². The Hall–Kier alpha value is -2.43. The Morgan fingerprint density at radius 2 is 1.67 bits per heavy atom. The molecule has 0 spiro atoms. The summed E-state index contributed by atoms with van der Waals surface area (Å²) < 4.78 is 29.1. The second-order valence-corrected chi connectivity index (χ2v) is 6.51. The minimum atomic E-state index is -2.75. The summed E-state index contributed by atoms with van der Waals surface area (Å²) in [5.74, 6) is -3.56. The van der Waals surface area contributed by atoms with Crippen molar-refractivity contribution in [2.75, 3.05) is 18.4 Å². The average molecular weight is 328 g/mol. The van der Waals surface area contributed by atoms with Crippen LogP contribution < -0.4 is 5.32 Å². The zero-order chi connectivity index (χ0) is 16.8. The Morgan fingerprint density at radius 1 is 1.04 bits per heavy atom. The second kappa shape index (κ2) is 5.30. The molecule has 2 aromatic carbocycles. The van der Waals surface area contributed by atoms with Crippen molar-refractivity contribution in [1.29, 1.82) is 0 Å². The molecule has 2 aromatic rings. The van der Waals surface area contributed by atoms with Gasteiger partial charge in [-0.3, -0.25) is 0 Å². The van der Waals surface area contributed by atoms with Crippen LogP contribution in [0, 0.1) is 5.92 Å². The van der Waals surface area contributed by atoms with E-state index in [1.165, 1.54) is 4.90 Å². The first kappa shape index (κ1) is 15.1. The highest BCUT2D eigenvalue weighted by molar-refractivity contribution is 5.89. The summed E-state index contributed by atoms with van der Waals surface area (Å²) in [7, 11) is 0. The molecule has 124 valence electrons. The quantitative estimate of drug-likeness (QED) is 0.883. The van der Waals surface area contributed by atoms with Crippen LogP contribution in [0.3, 0.4) is 0 Å². The fourth-order valence-corrected chi connectivity index (χ4v) is 3.95. The van der Waals surface area contributed by atoms with Gasteiger partial charge in [-0.15, -0.1) is 0 Å². The summed E-state index contributed by atoms with van der Waals surface area (Å²) in [5.41, 5.74) is 0.255. The topological polar surface area (TPSA) is 32.3 Å². The first-order valence-electron chi connectivity index (χ1n) is 8.10. The molecule has 4 rings (SSSR count). The molecule has 1 heterocycles. The molecule has 3 nitrogen and oxygen atoms in total. The first-order chi connectivity index (χ1) is 11.6. The lowest BCUT2D eigenvalue weighted by Gasteiger charge is -2.30. The number of benzene rings is 2. The van der Waals surface area contributed by atoms with E-state index in [-0.39, 0.29) is 19.0 Å². The number of alkyl halides is 2. The SMILES string of the molecule is O=C(Nc1ccccc1)N1CCC2(c3ccccc3)C(C1)C2(F)F. The van der Waals surface area contributed by atoms with Gasteiger partial charge in [0, 0.05) is 18.8 Å². The van der Waals surface area contributed by atoms with Gasteiger partial charge in [-0.25, -0.2) is 13.6 Å². The molecule has 2 aliphatic rings. The van der Waals surface area contributed by atoms with E-state index in [2.05, 4.69) is 5.32 Å². The van der Waals surface area contributed by atoms with E-state index < -0.39 is 17.3 Å². The molecular formula is C19H18F2N2O. The van der Waals surface area contributed by atoms with Crippen LogP contribution in [0.1, 0.15) is 12.0 Å². The van der Waals surface area contributed by atoms with Gasteiger partial charge in [0.25, 0.3) is 5.92 Å². The molecule has 1 saturated carbocycles. The van der Waals surface area contributed by atoms with Crippen molar-refractivity contribution in [2.45, 2.75) is 17.8 Å². The summed E-state index contributed by atoms with van der Waals surface area (Å²) in [6, 6.07) is 17.7. The van der Waals surface area contributed by atoms with Crippen LogP contribution >= 0.6 is 0 Å². The average Bonchev–Trinajstić information content (AvgIpc) is 3.13. The van der Waals surface area contributed by atoms with Crippen LogP contribution in [0.4, 0.5) is 19.3 Å². The molecule has 2 fully saturated rings. The fraction of sp³-hybridized carbons (Fsp3) is 0.316. The third-order valence-corrected chi connectivity index (χ3v) is 5.32. The highest BCUT2D eigenvalue weighted by Crippen LogP contribution is 2.70. The highest BCUT2D eigenvalue weighted by Gasteiger charge is 2.81. The lowest BCUT2D eigenvalue weighted by atomic mass is 9.87. The lowest BCUT2D eigenvalue weighted by Crippen LogP contribution is -2.42. The van der Waals surface area contributed by atoms with Crippen molar-refractivity contribution in [3.05, 3.63) is 66.2 Å². The third-order valence-electron chi connectivity index (χ3n) is 5.32. The largest absolute Gasteiger partial charge is 0.324 e. The molecule has 2 atom stereocenters. The van der Waals surface area contributed by atoms with E-state index in [9.17, 15) is 13.6 Å². The number of rotatable bonds is 2. The summed E-state index contributed by atoms with van der Waals surface area (Å²) in [6.07, 6.45) is 0.289. The molecule has 1 aliphatic heterocycles. The van der Waals surface area contributed by atoms with Crippen LogP contribution in [-0.2, 0) is 5.41 Å². The minimum Gasteiger partial charge on any atom is -0.324 e. The number of fused-ring (bicyclic) bond motifs is 1. The van der Waals surface area contributed by atoms with Crippen molar-refractivity contribution >= 4 is 11.7 Å². The monoisotopic (exact) mass is 328 g/mol. The van der Waals surface area contributed by atoms with Gasteiger partial charge < -0.3 is 10.2 Å². The second-order valence-electron chi connectivity index (χ2n) is 6.51. The molecule has 2 unspecified atom stereocenters. The summed E-state index contributed by atoms with van der Waals surface area (Å²) in [4.78, 5) is 13.9. The fourth-order valence-electron chi connectivity index (χ4n) is 3.95. The van der Waals surface area contributed by atoms with Crippen LogP contribution in [0.25, 0.3) is 0 Å². The highest BCUT2D eigenvalue weighted by atomic mass is 19.3. The van der Waals surface area contributed by atoms with Crippen molar-refractivity contribution < 1.29 is 13.6 Å². The van der Waals surface area contributed by atoms with Gasteiger partial charge in [0.2, 0.25) is 0 Å². The third kappa shape index (κ3) is 2.11. The Balaban J connectivity index is 1.50. The number of likely N-dealkylation sites (tertiary alicyclic amines) is 1. The van der Waals surface area contributed by atoms with Crippen molar-refractivity contribution in [3.8, 4) is 0 Å². The molecule has 0 bridgehead atoms. The maximum atomic E-state index is 14.5. The van der Waals surface area contributed by atoms with Crippen LogP contribution in [-0.4, -0.2) is 29.9 Å². The van der Waals surface area contributed by atoms with E-state index in [0.29, 0.717) is 17.8 Å². The smallest absolute Gasteiger partial charge is 0.321 e. The van der Waals surface area contributed by atoms with Crippen LogP contribution in [0.2, 0.25) is 0 Å². The van der Waals surface area contributed by atoms with E-state index in [0.717, 1.165) is 0 Å². The number of para-hydroxylation sites is 1. The predicted octanol–water partition coefficient (Wildman–Crippen LogP) is 4.13. The normalized spacial score (nSPS) is 27.2. The van der Waals surface area contributed by atoms with Gasteiger partial charge in [-0.05, 0) is 24.1 Å². The molecule has 24 heavy (non-hydrogen) atoms. The number of hydrogen-bond donors (Lipinski definition) is 1. The summed E-state index contributed by atoms with van der Waals surface area (Å²) >= 11 is 0. The minimum absolute atomic E-state index is 0.0839. The predicted molar refractivity (Wildman–Crippen MR) is 88.2 cm³/mol. The Kier molecular flexibility index (Phi) is 3.34. The summed E-state index contributed by atoms with van der Waals surface area (Å²) in [5, 5.41) is 2.77. The number of nitrogens with one attached hydrogen (secondary N) is 1. The lowest BCUT2D eigenvalue weighted by molar-refractivity contribution is 0.0777. The Labute approximate surface area is 139 Å². The summed E-state index contributed by atoms with van der Waals surface area (Å²) in [6.45, 7) is 0.417. The van der Waals surface area contributed by atoms with Crippen molar-refractivity contribution in [1.82, 2.24) is 4.90 Å². The molecule has 0 radical (unpaired) electrons. The van der Waals surface area contributed by atoms with E-state index in [4.69, 9.17) is 0 Å². The van der Waals surface area contributed by atoms with Crippen molar-refractivity contribution in [3.63, 3.8) is 0 Å². The number of carbonyl (C=O) groups excluding carboxylic acids is 1. The number of anilines is 1. The van der Waals surface area contributed by atoms with Gasteiger partial charge in [0.05, 0.1) is 11.3 Å². The zero-order valence-electron chi connectivity index (χ0n) is 13.1. The standard InChI is InChI=1S/C19H18F2N2O/c20-19(21)16-13-23(17(24)22-15-9-5-2-6-10-15)12-11-18(16,19)14-7-3-1-4-8-14/h1-10,16H,11-13H2,(H,22,24). The molecule has 1 saturated heterocycles. The number of urea groups is 1. The van der Waals surface area contributed by atoms with Gasteiger partial charge in [-0.1, -0.05) is 48.5 Å². The van der Waals surface area contributed by atoms with Crippen LogP contribution in [0.15, 0.2) is 60.7 Å². The molecular weight excluding hydrogens is 310 g/mol. The maximum Gasteiger partial charge on any atom is 0.321 e. The number of amides is 2. The van der Waals surface area contributed by atoms with Gasteiger partial charge >= 0.3 is 6.03 Å². The van der Waals surface area contributed by atoms with Gasteiger partial charge in [0.1, 0.15) is 0 Å². The molecule has 2 amide bonds. The Bertz CT molecular complexity index is 750. The first-order valence-corrected chi connectivity index (χ1v) is 8.10. The number of nitrogens with zero attached hydrogens (tertiary/aromatic N) is 1. The zero-order valence-corrected chi connectivity index (χ0v) is 13.1. The molecule has 1 N–H and O–H groups in total. The Morgan fingerprint density at radius 3 is 2.29 bits per heavy atom. The molecule has 0 aromatic heterocycles. The van der Waals surface area contributed by atoms with Crippen molar-refractivity contribution in [2.24, 2.45) is 5.92 Å². The van der Waals surface area contributed by atoms with E-state index in [1.54, 1.807) is 36.4 Å². The van der Waals surface area contributed by atoms with Crippen LogP contribution in [0.5, 0.6) is 0 Å². The molecule has 1 aliphatic carbocycles. The van der Waals surface area contributed by atoms with Gasteiger partial charge in [-0.2, -0.15) is 0 Å². The number of halogens is 2.